The molecule has 0 fully saturated rings. The fourth-order valence-corrected chi connectivity index (χ4v) is 1.92. The van der Waals surface area contributed by atoms with Gasteiger partial charge in [-0.25, -0.2) is 0 Å². The Morgan fingerprint density at radius 3 is 2.30 bits per heavy atom. The summed E-state index contributed by atoms with van der Waals surface area (Å²) in [5, 5.41) is 10.3. The van der Waals surface area contributed by atoms with Crippen molar-refractivity contribution in [1.82, 2.24) is 0 Å². The first-order valence-corrected chi connectivity index (χ1v) is 7.61. The van der Waals surface area contributed by atoms with Crippen molar-refractivity contribution in [2.75, 3.05) is 26.4 Å². The molecule has 0 amide bonds. The van der Waals surface area contributed by atoms with E-state index in [0.717, 1.165) is 19.3 Å². The average molecular weight is 290 g/mol. The summed E-state index contributed by atoms with van der Waals surface area (Å²) in [5.41, 5.74) is 0. The van der Waals surface area contributed by atoms with Gasteiger partial charge >= 0.3 is 5.97 Å². The molecule has 0 aliphatic heterocycles. The van der Waals surface area contributed by atoms with Gasteiger partial charge in [0.15, 0.2) is 0 Å². The Labute approximate surface area is 122 Å². The highest BCUT2D eigenvalue weighted by atomic mass is 16.7. The summed E-state index contributed by atoms with van der Waals surface area (Å²) in [6.45, 7) is 6.84. The third kappa shape index (κ3) is 11.2. The van der Waals surface area contributed by atoms with E-state index in [2.05, 4.69) is 6.92 Å². The molecule has 0 aromatic heterocycles. The van der Waals surface area contributed by atoms with Crippen LogP contribution >= 0.6 is 0 Å². The number of carbonyl (C=O) groups excluding carboxylic acids is 1. The molecule has 0 bridgehead atoms. The van der Waals surface area contributed by atoms with Gasteiger partial charge in [0.05, 0.1) is 13.2 Å². The molecule has 20 heavy (non-hydrogen) atoms. The largest absolute Gasteiger partial charge is 0.431 e. The number of esters is 1. The lowest BCUT2D eigenvalue weighted by Crippen LogP contribution is -2.39. The van der Waals surface area contributed by atoms with Crippen molar-refractivity contribution in [1.29, 1.82) is 0 Å². The fourth-order valence-electron chi connectivity index (χ4n) is 1.92. The number of rotatable bonds is 13. The summed E-state index contributed by atoms with van der Waals surface area (Å²) in [6.07, 6.45) is 5.75. The molecular weight excluding hydrogens is 260 g/mol. The Hall–Kier alpha value is -0.650. The molecule has 0 saturated heterocycles. The van der Waals surface area contributed by atoms with Crippen LogP contribution in [0.2, 0.25) is 0 Å². The lowest BCUT2D eigenvalue weighted by atomic mass is 10.1. The van der Waals surface area contributed by atoms with E-state index in [0.29, 0.717) is 26.2 Å². The zero-order valence-corrected chi connectivity index (χ0v) is 13.2. The van der Waals surface area contributed by atoms with E-state index in [1.54, 1.807) is 0 Å². The standard InChI is InChI=1S/C15H30O5/c1-4-6-7-8-9-10-15(17,20-14(3)16)13-19-12-11-18-5-2/h17H,4-13H2,1-3H3. The predicted octanol–water partition coefficient (Wildman–Crippen LogP) is 2.65. The molecule has 0 heterocycles. The Balaban J connectivity index is 3.98. The maximum Gasteiger partial charge on any atom is 0.305 e. The van der Waals surface area contributed by atoms with Gasteiger partial charge in [-0.05, 0) is 13.3 Å². The van der Waals surface area contributed by atoms with Crippen molar-refractivity contribution in [3.63, 3.8) is 0 Å². The topological polar surface area (TPSA) is 65.0 Å². The molecule has 1 atom stereocenters. The number of hydrogen-bond acceptors (Lipinski definition) is 5. The summed E-state index contributed by atoms with van der Waals surface area (Å²) >= 11 is 0. The Bertz CT molecular complexity index is 228. The van der Waals surface area contributed by atoms with E-state index in [1.807, 2.05) is 6.92 Å². The molecular formula is C15H30O5. The van der Waals surface area contributed by atoms with Crippen LogP contribution in [0.1, 0.15) is 59.3 Å². The molecule has 0 aliphatic carbocycles. The van der Waals surface area contributed by atoms with Gasteiger partial charge in [0.25, 0.3) is 0 Å². The van der Waals surface area contributed by atoms with E-state index in [1.165, 1.54) is 19.8 Å². The minimum atomic E-state index is -1.51. The maximum absolute atomic E-state index is 11.1. The van der Waals surface area contributed by atoms with Gasteiger partial charge in [-0.1, -0.05) is 32.6 Å². The van der Waals surface area contributed by atoms with Crippen LogP contribution in [0.5, 0.6) is 0 Å². The van der Waals surface area contributed by atoms with Gasteiger partial charge in [-0.2, -0.15) is 0 Å². The normalized spacial score (nSPS) is 14.0. The summed E-state index contributed by atoms with van der Waals surface area (Å²) in [4.78, 5) is 11.1. The fraction of sp³-hybridized carbons (Fsp3) is 0.933. The molecule has 0 radical (unpaired) electrons. The second kappa shape index (κ2) is 12.1. The van der Waals surface area contributed by atoms with E-state index in [-0.39, 0.29) is 6.61 Å². The molecule has 0 rings (SSSR count). The Kier molecular flexibility index (Phi) is 11.7. The summed E-state index contributed by atoms with van der Waals surface area (Å²) < 4.78 is 15.5. The molecule has 0 aromatic carbocycles. The van der Waals surface area contributed by atoms with Crippen molar-refractivity contribution in [3.05, 3.63) is 0 Å². The molecule has 0 aliphatic rings. The second-order valence-corrected chi connectivity index (χ2v) is 4.95. The third-order valence-electron chi connectivity index (χ3n) is 2.91. The van der Waals surface area contributed by atoms with Crippen molar-refractivity contribution >= 4 is 5.97 Å². The van der Waals surface area contributed by atoms with Crippen LogP contribution < -0.4 is 0 Å². The number of aliphatic hydroxyl groups is 1. The van der Waals surface area contributed by atoms with Gasteiger partial charge in [-0.15, -0.1) is 0 Å². The number of hydrogen-bond donors (Lipinski definition) is 1. The zero-order chi connectivity index (χ0) is 15.3. The van der Waals surface area contributed by atoms with Gasteiger partial charge < -0.3 is 19.3 Å². The lowest BCUT2D eigenvalue weighted by Gasteiger charge is -2.27. The van der Waals surface area contributed by atoms with Gasteiger partial charge in [-0.3, -0.25) is 4.79 Å². The predicted molar refractivity (Wildman–Crippen MR) is 77.4 cm³/mol. The minimum absolute atomic E-state index is 0.00652. The van der Waals surface area contributed by atoms with Crippen LogP contribution in [-0.4, -0.2) is 43.3 Å². The molecule has 5 nitrogen and oxygen atoms in total. The van der Waals surface area contributed by atoms with Gasteiger partial charge in [0.2, 0.25) is 5.79 Å². The molecule has 0 saturated carbocycles. The van der Waals surface area contributed by atoms with Crippen LogP contribution in [0.25, 0.3) is 0 Å². The highest BCUT2D eigenvalue weighted by molar-refractivity contribution is 5.66. The van der Waals surface area contributed by atoms with E-state index >= 15 is 0 Å². The summed E-state index contributed by atoms with van der Waals surface area (Å²) in [5.74, 6) is -2.00. The Morgan fingerprint density at radius 2 is 1.70 bits per heavy atom. The quantitative estimate of drug-likeness (QED) is 0.321. The van der Waals surface area contributed by atoms with Crippen LogP contribution in [0.3, 0.4) is 0 Å². The first-order chi connectivity index (χ1) is 9.54. The molecule has 120 valence electrons. The minimum Gasteiger partial charge on any atom is -0.431 e. The van der Waals surface area contributed by atoms with Crippen LogP contribution in [0, 0.1) is 0 Å². The smallest absolute Gasteiger partial charge is 0.305 e. The van der Waals surface area contributed by atoms with Crippen molar-refractivity contribution in [2.45, 2.75) is 65.1 Å². The van der Waals surface area contributed by atoms with E-state index < -0.39 is 11.8 Å². The SMILES string of the molecule is CCCCCCCC(O)(COCCOCC)OC(C)=O. The first kappa shape index (κ1) is 19.4. The zero-order valence-electron chi connectivity index (χ0n) is 13.2. The maximum atomic E-state index is 11.1. The Morgan fingerprint density at radius 1 is 1.05 bits per heavy atom. The molecule has 1 N–H and O–H groups in total. The molecule has 0 spiro atoms. The van der Waals surface area contributed by atoms with Crippen LogP contribution in [0.15, 0.2) is 0 Å². The monoisotopic (exact) mass is 290 g/mol. The van der Waals surface area contributed by atoms with Crippen molar-refractivity contribution in [2.24, 2.45) is 0 Å². The van der Waals surface area contributed by atoms with E-state index in [4.69, 9.17) is 14.2 Å². The molecule has 5 heteroatoms. The van der Waals surface area contributed by atoms with E-state index in [9.17, 15) is 9.90 Å². The number of unbranched alkanes of at least 4 members (excludes halogenated alkanes) is 4. The van der Waals surface area contributed by atoms with Crippen LogP contribution in [0.4, 0.5) is 0 Å². The number of carbonyl (C=O) groups is 1. The average Bonchev–Trinajstić information content (AvgIpc) is 2.37. The summed E-state index contributed by atoms with van der Waals surface area (Å²) in [6, 6.07) is 0. The highest BCUT2D eigenvalue weighted by Crippen LogP contribution is 2.18. The van der Waals surface area contributed by atoms with Gasteiger partial charge in [0.1, 0.15) is 6.61 Å². The lowest BCUT2D eigenvalue weighted by molar-refractivity contribution is -0.231. The van der Waals surface area contributed by atoms with Crippen molar-refractivity contribution < 1.29 is 24.1 Å². The third-order valence-corrected chi connectivity index (χ3v) is 2.91. The number of ether oxygens (including phenoxy) is 3. The highest BCUT2D eigenvalue weighted by Gasteiger charge is 2.30. The van der Waals surface area contributed by atoms with Crippen molar-refractivity contribution in [3.8, 4) is 0 Å². The molecule has 0 aromatic rings. The summed E-state index contributed by atoms with van der Waals surface area (Å²) in [7, 11) is 0. The first-order valence-electron chi connectivity index (χ1n) is 7.61. The second-order valence-electron chi connectivity index (χ2n) is 4.95. The molecule has 1 unspecified atom stereocenters. The van der Waals surface area contributed by atoms with Crippen LogP contribution in [-0.2, 0) is 19.0 Å². The van der Waals surface area contributed by atoms with Gasteiger partial charge in [0, 0.05) is 20.0 Å².